The van der Waals surface area contributed by atoms with Gasteiger partial charge in [-0.2, -0.15) is 0 Å². The van der Waals surface area contributed by atoms with Crippen molar-refractivity contribution in [2.75, 3.05) is 7.05 Å². The highest BCUT2D eigenvalue weighted by Crippen LogP contribution is 2.27. The van der Waals surface area contributed by atoms with Gasteiger partial charge in [-0.05, 0) is 71.0 Å². The monoisotopic (exact) mass is 327 g/mol. The smallest absolute Gasteiger partial charge is 0.137 e. The molecular formula is C14H15BrFNS. The van der Waals surface area contributed by atoms with Gasteiger partial charge in [-0.25, -0.2) is 4.39 Å². The summed E-state index contributed by atoms with van der Waals surface area (Å²) in [5, 5.41) is 5.44. The number of halogens is 2. The lowest BCUT2D eigenvalue weighted by Gasteiger charge is -2.16. The highest BCUT2D eigenvalue weighted by Gasteiger charge is 2.14. The lowest BCUT2D eigenvalue weighted by Crippen LogP contribution is -2.18. The zero-order valence-electron chi connectivity index (χ0n) is 10.3. The molecule has 1 aromatic heterocycles. The van der Waals surface area contributed by atoms with Crippen molar-refractivity contribution < 1.29 is 4.39 Å². The van der Waals surface area contributed by atoms with E-state index in [9.17, 15) is 4.39 Å². The minimum Gasteiger partial charge on any atom is -0.312 e. The quantitative estimate of drug-likeness (QED) is 0.874. The van der Waals surface area contributed by atoms with E-state index in [4.69, 9.17) is 0 Å². The molecule has 2 rings (SSSR count). The van der Waals surface area contributed by atoms with E-state index in [1.165, 1.54) is 16.5 Å². The Kier molecular flexibility index (Phi) is 4.54. The molecule has 0 aliphatic heterocycles. The number of rotatable bonds is 4. The molecular weight excluding hydrogens is 313 g/mol. The third kappa shape index (κ3) is 2.99. The van der Waals surface area contributed by atoms with Crippen molar-refractivity contribution in [2.24, 2.45) is 0 Å². The number of hydrogen-bond donors (Lipinski definition) is 1. The van der Waals surface area contributed by atoms with E-state index in [1.807, 2.05) is 19.2 Å². The number of likely N-dealkylation sites (N-methyl/N-ethyl adjacent to an activating group) is 1. The normalized spacial score (nSPS) is 12.7. The second kappa shape index (κ2) is 5.95. The molecule has 1 N–H and O–H groups in total. The van der Waals surface area contributed by atoms with E-state index in [0.717, 1.165) is 12.0 Å². The lowest BCUT2D eigenvalue weighted by molar-refractivity contribution is 0.594. The summed E-state index contributed by atoms with van der Waals surface area (Å²) in [7, 11) is 1.96. The zero-order valence-corrected chi connectivity index (χ0v) is 12.7. The van der Waals surface area contributed by atoms with Crippen LogP contribution in [0.15, 0.2) is 34.1 Å². The fraction of sp³-hybridized carbons (Fsp3) is 0.286. The summed E-state index contributed by atoms with van der Waals surface area (Å²) in [6.45, 7) is 2.12. The first-order valence-electron chi connectivity index (χ1n) is 5.77. The molecule has 0 saturated carbocycles. The van der Waals surface area contributed by atoms with Crippen LogP contribution >= 0.6 is 27.3 Å². The molecule has 0 radical (unpaired) electrons. The molecule has 0 aliphatic carbocycles. The highest BCUT2D eigenvalue weighted by atomic mass is 79.9. The Bertz CT molecular complexity index is 538. The molecule has 1 atom stereocenters. The summed E-state index contributed by atoms with van der Waals surface area (Å²) in [5.41, 5.74) is 2.43. The van der Waals surface area contributed by atoms with E-state index < -0.39 is 0 Å². The van der Waals surface area contributed by atoms with Crippen LogP contribution in [0.1, 0.15) is 22.0 Å². The van der Waals surface area contributed by atoms with Gasteiger partial charge in [0.25, 0.3) is 0 Å². The summed E-state index contributed by atoms with van der Waals surface area (Å²) in [5.74, 6) is -0.216. The second-order valence-corrected chi connectivity index (χ2v) is 6.06. The summed E-state index contributed by atoms with van der Waals surface area (Å²) in [6, 6.07) is 7.61. The number of thiophene rings is 1. The van der Waals surface area contributed by atoms with Crippen LogP contribution in [-0.4, -0.2) is 7.05 Å². The Morgan fingerprint density at radius 3 is 2.72 bits per heavy atom. The molecule has 1 nitrogen and oxygen atoms in total. The molecule has 0 fully saturated rings. The van der Waals surface area contributed by atoms with Crippen LogP contribution < -0.4 is 5.32 Å². The van der Waals surface area contributed by atoms with Gasteiger partial charge in [0.05, 0.1) is 4.47 Å². The van der Waals surface area contributed by atoms with E-state index in [-0.39, 0.29) is 11.9 Å². The van der Waals surface area contributed by atoms with Gasteiger partial charge in [-0.1, -0.05) is 6.07 Å². The van der Waals surface area contributed by atoms with Crippen LogP contribution in [0.4, 0.5) is 4.39 Å². The highest BCUT2D eigenvalue weighted by molar-refractivity contribution is 9.10. The van der Waals surface area contributed by atoms with Crippen molar-refractivity contribution in [1.82, 2.24) is 5.32 Å². The molecule has 2 aromatic rings. The first-order chi connectivity index (χ1) is 8.61. The Labute approximate surface area is 119 Å². The molecule has 1 unspecified atom stereocenters. The van der Waals surface area contributed by atoms with Crippen molar-refractivity contribution in [3.05, 3.63) is 55.9 Å². The summed E-state index contributed by atoms with van der Waals surface area (Å²) < 4.78 is 13.7. The standard InChI is InChI=1S/C14H15BrFNS/c1-9-5-6-18-14(9)13(17-2)8-10-3-4-12(16)11(15)7-10/h3-7,13,17H,8H2,1-2H3. The average molecular weight is 328 g/mol. The van der Waals surface area contributed by atoms with Crippen LogP contribution in [0, 0.1) is 12.7 Å². The van der Waals surface area contributed by atoms with Crippen molar-refractivity contribution in [3.8, 4) is 0 Å². The largest absolute Gasteiger partial charge is 0.312 e. The van der Waals surface area contributed by atoms with E-state index in [2.05, 4.69) is 39.6 Å². The fourth-order valence-corrected chi connectivity index (χ4v) is 3.43. The summed E-state index contributed by atoms with van der Waals surface area (Å²) >= 11 is 4.99. The minimum absolute atomic E-state index is 0.216. The van der Waals surface area contributed by atoms with E-state index in [0.29, 0.717) is 4.47 Å². The predicted molar refractivity (Wildman–Crippen MR) is 78.7 cm³/mol. The molecule has 0 amide bonds. The maximum Gasteiger partial charge on any atom is 0.137 e. The van der Waals surface area contributed by atoms with Crippen molar-refractivity contribution in [3.63, 3.8) is 0 Å². The Balaban J connectivity index is 2.20. The molecule has 0 saturated heterocycles. The molecule has 0 bridgehead atoms. The number of benzene rings is 1. The third-order valence-corrected chi connectivity index (χ3v) is 4.73. The number of nitrogens with one attached hydrogen (secondary N) is 1. The number of hydrogen-bond acceptors (Lipinski definition) is 2. The van der Waals surface area contributed by atoms with Crippen LogP contribution in [0.5, 0.6) is 0 Å². The van der Waals surface area contributed by atoms with Crippen LogP contribution in [0.25, 0.3) is 0 Å². The van der Waals surface area contributed by atoms with Gasteiger partial charge in [-0.3, -0.25) is 0 Å². The molecule has 4 heteroatoms. The van der Waals surface area contributed by atoms with Gasteiger partial charge in [0.2, 0.25) is 0 Å². The zero-order chi connectivity index (χ0) is 13.1. The van der Waals surface area contributed by atoms with Crippen LogP contribution in [-0.2, 0) is 6.42 Å². The summed E-state index contributed by atoms with van der Waals surface area (Å²) in [6.07, 6.45) is 0.858. The van der Waals surface area contributed by atoms with Gasteiger partial charge >= 0.3 is 0 Å². The van der Waals surface area contributed by atoms with Crippen LogP contribution in [0.3, 0.4) is 0 Å². The lowest BCUT2D eigenvalue weighted by atomic mass is 10.0. The molecule has 1 aromatic carbocycles. The molecule has 18 heavy (non-hydrogen) atoms. The second-order valence-electron chi connectivity index (χ2n) is 4.26. The maximum absolute atomic E-state index is 13.2. The van der Waals surface area contributed by atoms with Crippen molar-refractivity contribution >= 4 is 27.3 Å². The van der Waals surface area contributed by atoms with Gasteiger partial charge < -0.3 is 5.32 Å². The predicted octanol–water partition coefficient (Wildman–Crippen LogP) is 4.46. The van der Waals surface area contributed by atoms with E-state index >= 15 is 0 Å². The minimum atomic E-state index is -0.216. The van der Waals surface area contributed by atoms with Gasteiger partial charge in [0.15, 0.2) is 0 Å². The van der Waals surface area contributed by atoms with Crippen molar-refractivity contribution in [1.29, 1.82) is 0 Å². The van der Waals surface area contributed by atoms with Crippen molar-refractivity contribution in [2.45, 2.75) is 19.4 Å². The Hall–Kier alpha value is -0.710. The van der Waals surface area contributed by atoms with Gasteiger partial charge in [0, 0.05) is 10.9 Å². The number of aryl methyl sites for hydroxylation is 1. The molecule has 0 aliphatic rings. The van der Waals surface area contributed by atoms with Crippen LogP contribution in [0.2, 0.25) is 0 Å². The Morgan fingerprint density at radius 1 is 1.39 bits per heavy atom. The first-order valence-corrected chi connectivity index (χ1v) is 7.44. The first kappa shape index (κ1) is 13.7. The SMILES string of the molecule is CNC(Cc1ccc(F)c(Br)c1)c1sccc1C. The summed E-state index contributed by atoms with van der Waals surface area (Å²) in [4.78, 5) is 1.35. The van der Waals surface area contributed by atoms with E-state index in [1.54, 1.807) is 11.3 Å². The van der Waals surface area contributed by atoms with Gasteiger partial charge in [0.1, 0.15) is 5.82 Å². The fourth-order valence-electron chi connectivity index (χ4n) is 1.97. The Morgan fingerprint density at radius 2 is 2.17 bits per heavy atom. The maximum atomic E-state index is 13.2. The third-order valence-electron chi connectivity index (χ3n) is 2.99. The van der Waals surface area contributed by atoms with Gasteiger partial charge in [-0.15, -0.1) is 11.3 Å². The molecule has 1 heterocycles. The topological polar surface area (TPSA) is 12.0 Å². The average Bonchev–Trinajstić information content (AvgIpc) is 2.77. The molecule has 96 valence electrons. The molecule has 0 spiro atoms.